The van der Waals surface area contributed by atoms with E-state index < -0.39 is 6.36 Å². The average molecular weight is 302 g/mol. The molecule has 116 valence electrons. The van der Waals surface area contributed by atoms with E-state index in [1.807, 2.05) is 4.90 Å². The standard InChI is InChI=1S/C14H17F3N2O2/c1-18-7-6-12(13(18)20)19(2)9-10-4-3-5-11(8-10)21-14(15,16)17/h3-5,8,12H,6-7,9H2,1-2H3/t12-/m1/s1. The van der Waals surface area contributed by atoms with Crippen molar-refractivity contribution < 1.29 is 22.7 Å². The highest BCUT2D eigenvalue weighted by Gasteiger charge is 2.33. The molecule has 1 aromatic rings. The van der Waals surface area contributed by atoms with E-state index in [2.05, 4.69) is 4.74 Å². The Morgan fingerprint density at radius 3 is 2.71 bits per heavy atom. The number of likely N-dealkylation sites (N-methyl/N-ethyl adjacent to an activating group) is 2. The molecule has 1 atom stereocenters. The van der Waals surface area contributed by atoms with Gasteiger partial charge in [-0.2, -0.15) is 0 Å². The summed E-state index contributed by atoms with van der Waals surface area (Å²) in [5.74, 6) is -0.205. The molecule has 1 aliphatic rings. The van der Waals surface area contributed by atoms with Crippen LogP contribution in [0.15, 0.2) is 24.3 Å². The molecule has 0 bridgehead atoms. The predicted molar refractivity (Wildman–Crippen MR) is 70.6 cm³/mol. The number of hydrogen-bond donors (Lipinski definition) is 0. The molecule has 1 heterocycles. The van der Waals surface area contributed by atoms with Crippen LogP contribution in [0.4, 0.5) is 13.2 Å². The molecule has 1 amide bonds. The molecule has 0 aromatic heterocycles. The van der Waals surface area contributed by atoms with Crippen LogP contribution in [-0.2, 0) is 11.3 Å². The Balaban J connectivity index is 2.03. The van der Waals surface area contributed by atoms with Gasteiger partial charge in [0.05, 0.1) is 6.04 Å². The molecule has 21 heavy (non-hydrogen) atoms. The molecular formula is C14H17F3N2O2. The van der Waals surface area contributed by atoms with E-state index in [1.165, 1.54) is 18.2 Å². The molecule has 1 saturated heterocycles. The molecule has 2 rings (SSSR count). The van der Waals surface area contributed by atoms with Crippen LogP contribution < -0.4 is 4.74 Å². The van der Waals surface area contributed by atoms with Crippen LogP contribution in [0.5, 0.6) is 5.75 Å². The molecule has 0 saturated carbocycles. The number of alkyl halides is 3. The Bertz CT molecular complexity index is 519. The van der Waals surface area contributed by atoms with Crippen molar-refractivity contribution in [2.45, 2.75) is 25.4 Å². The van der Waals surface area contributed by atoms with Gasteiger partial charge in [-0.15, -0.1) is 13.2 Å². The van der Waals surface area contributed by atoms with Crippen molar-refractivity contribution in [3.8, 4) is 5.75 Å². The van der Waals surface area contributed by atoms with Gasteiger partial charge < -0.3 is 9.64 Å². The first kappa shape index (κ1) is 15.6. The van der Waals surface area contributed by atoms with E-state index in [0.717, 1.165) is 6.42 Å². The largest absolute Gasteiger partial charge is 0.573 e. The highest BCUT2D eigenvalue weighted by molar-refractivity contribution is 5.83. The van der Waals surface area contributed by atoms with Gasteiger partial charge in [0.2, 0.25) is 5.91 Å². The number of ether oxygens (including phenoxy) is 1. The van der Waals surface area contributed by atoms with Crippen LogP contribution in [0.3, 0.4) is 0 Å². The van der Waals surface area contributed by atoms with Gasteiger partial charge in [-0.25, -0.2) is 0 Å². The quantitative estimate of drug-likeness (QED) is 0.855. The molecular weight excluding hydrogens is 285 g/mol. The molecule has 0 unspecified atom stereocenters. The van der Waals surface area contributed by atoms with Gasteiger partial charge in [-0.05, 0) is 31.2 Å². The Hall–Kier alpha value is -1.76. The summed E-state index contributed by atoms with van der Waals surface area (Å²) in [6, 6.07) is 5.59. The summed E-state index contributed by atoms with van der Waals surface area (Å²) in [5.41, 5.74) is 0.668. The summed E-state index contributed by atoms with van der Waals surface area (Å²) in [7, 11) is 3.53. The summed E-state index contributed by atoms with van der Waals surface area (Å²) >= 11 is 0. The van der Waals surface area contributed by atoms with Gasteiger partial charge in [-0.1, -0.05) is 12.1 Å². The Kier molecular flexibility index (Phi) is 4.41. The van der Waals surface area contributed by atoms with E-state index >= 15 is 0 Å². The fourth-order valence-corrected chi connectivity index (χ4v) is 2.45. The highest BCUT2D eigenvalue weighted by Crippen LogP contribution is 2.24. The fraction of sp³-hybridized carbons (Fsp3) is 0.500. The monoisotopic (exact) mass is 302 g/mol. The van der Waals surface area contributed by atoms with Crippen molar-refractivity contribution in [1.82, 2.24) is 9.80 Å². The minimum absolute atomic E-state index is 0.0418. The summed E-state index contributed by atoms with van der Waals surface area (Å²) < 4.78 is 40.5. The molecule has 1 aromatic carbocycles. The number of nitrogens with zero attached hydrogens (tertiary/aromatic N) is 2. The molecule has 0 radical (unpaired) electrons. The van der Waals surface area contributed by atoms with Gasteiger partial charge in [0.25, 0.3) is 0 Å². The van der Waals surface area contributed by atoms with Crippen molar-refractivity contribution >= 4 is 5.91 Å². The van der Waals surface area contributed by atoms with Crippen LogP contribution in [0.1, 0.15) is 12.0 Å². The summed E-state index contributed by atoms with van der Waals surface area (Å²) in [6.07, 6.45) is -3.97. The number of likely N-dealkylation sites (tertiary alicyclic amines) is 1. The van der Waals surface area contributed by atoms with E-state index in [-0.39, 0.29) is 17.7 Å². The molecule has 1 aliphatic heterocycles. The maximum atomic E-state index is 12.2. The maximum absolute atomic E-state index is 12.2. The minimum Gasteiger partial charge on any atom is -0.406 e. The van der Waals surface area contributed by atoms with Crippen LogP contribution in [0, 0.1) is 0 Å². The zero-order valence-electron chi connectivity index (χ0n) is 11.9. The molecule has 0 aliphatic carbocycles. The topological polar surface area (TPSA) is 32.8 Å². The summed E-state index contributed by atoms with van der Waals surface area (Å²) in [6.45, 7) is 1.09. The number of halogens is 3. The number of benzene rings is 1. The second-order valence-electron chi connectivity index (χ2n) is 5.17. The third-order valence-corrected chi connectivity index (χ3v) is 3.50. The Labute approximate surface area is 121 Å². The van der Waals surface area contributed by atoms with E-state index in [9.17, 15) is 18.0 Å². The average Bonchev–Trinajstić information content (AvgIpc) is 2.68. The van der Waals surface area contributed by atoms with Crippen LogP contribution in [0.2, 0.25) is 0 Å². The van der Waals surface area contributed by atoms with Crippen molar-refractivity contribution in [3.63, 3.8) is 0 Å². The van der Waals surface area contributed by atoms with Gasteiger partial charge in [0.1, 0.15) is 5.75 Å². The van der Waals surface area contributed by atoms with Gasteiger partial charge in [0, 0.05) is 20.1 Å². The predicted octanol–water partition coefficient (Wildman–Crippen LogP) is 2.25. The molecule has 0 N–H and O–H groups in total. The number of hydrogen-bond acceptors (Lipinski definition) is 3. The number of carbonyl (C=O) groups is 1. The Morgan fingerprint density at radius 2 is 2.14 bits per heavy atom. The summed E-state index contributed by atoms with van der Waals surface area (Å²) in [4.78, 5) is 15.4. The van der Waals surface area contributed by atoms with E-state index in [0.29, 0.717) is 18.7 Å². The minimum atomic E-state index is -4.70. The van der Waals surface area contributed by atoms with Crippen molar-refractivity contribution in [2.75, 3.05) is 20.6 Å². The zero-order valence-corrected chi connectivity index (χ0v) is 11.9. The van der Waals surface area contributed by atoms with Gasteiger partial charge >= 0.3 is 6.36 Å². The van der Waals surface area contributed by atoms with Crippen molar-refractivity contribution in [3.05, 3.63) is 29.8 Å². The van der Waals surface area contributed by atoms with E-state index in [4.69, 9.17) is 0 Å². The van der Waals surface area contributed by atoms with Crippen LogP contribution >= 0.6 is 0 Å². The normalized spacial score (nSPS) is 19.4. The van der Waals surface area contributed by atoms with Gasteiger partial charge in [-0.3, -0.25) is 9.69 Å². The van der Waals surface area contributed by atoms with Gasteiger partial charge in [0.15, 0.2) is 0 Å². The second kappa shape index (κ2) is 5.93. The van der Waals surface area contributed by atoms with Crippen molar-refractivity contribution in [1.29, 1.82) is 0 Å². The molecule has 0 spiro atoms. The third-order valence-electron chi connectivity index (χ3n) is 3.50. The van der Waals surface area contributed by atoms with Crippen LogP contribution in [-0.4, -0.2) is 48.8 Å². The number of rotatable bonds is 4. The molecule has 4 nitrogen and oxygen atoms in total. The van der Waals surface area contributed by atoms with E-state index in [1.54, 1.807) is 25.1 Å². The lowest BCUT2D eigenvalue weighted by atomic mass is 10.1. The second-order valence-corrected chi connectivity index (χ2v) is 5.17. The van der Waals surface area contributed by atoms with Crippen LogP contribution in [0.25, 0.3) is 0 Å². The SMILES string of the molecule is CN1CC[C@@H](N(C)Cc2cccc(OC(F)(F)F)c2)C1=O. The lowest BCUT2D eigenvalue weighted by Crippen LogP contribution is -2.38. The Morgan fingerprint density at radius 1 is 1.43 bits per heavy atom. The highest BCUT2D eigenvalue weighted by atomic mass is 19.4. The van der Waals surface area contributed by atoms with Crippen molar-refractivity contribution in [2.24, 2.45) is 0 Å². The number of amides is 1. The first-order chi connectivity index (χ1) is 9.76. The smallest absolute Gasteiger partial charge is 0.406 e. The first-order valence-electron chi connectivity index (χ1n) is 6.56. The first-order valence-corrected chi connectivity index (χ1v) is 6.56. The third kappa shape index (κ3) is 4.10. The lowest BCUT2D eigenvalue weighted by molar-refractivity contribution is -0.274. The molecule has 7 heteroatoms. The fourth-order valence-electron chi connectivity index (χ4n) is 2.45. The maximum Gasteiger partial charge on any atom is 0.573 e. The molecule has 1 fully saturated rings. The zero-order chi connectivity index (χ0) is 15.6. The summed E-state index contributed by atoms with van der Waals surface area (Å²) in [5, 5.41) is 0. The number of carbonyl (C=O) groups excluding carboxylic acids is 1. The lowest BCUT2D eigenvalue weighted by Gasteiger charge is -2.23.